The zero-order valence-corrected chi connectivity index (χ0v) is 13.0. The summed E-state index contributed by atoms with van der Waals surface area (Å²) in [7, 11) is 0. The van der Waals surface area contributed by atoms with Crippen LogP contribution in [0.4, 0.5) is 8.78 Å². The fraction of sp³-hybridized carbons (Fsp3) is 0.444. The Balaban J connectivity index is 2.18. The van der Waals surface area contributed by atoms with E-state index in [0.29, 0.717) is 0 Å². The van der Waals surface area contributed by atoms with E-state index in [9.17, 15) is 13.9 Å². The van der Waals surface area contributed by atoms with E-state index in [-0.39, 0.29) is 19.4 Å². The summed E-state index contributed by atoms with van der Waals surface area (Å²) in [5.41, 5.74) is -1.62. The van der Waals surface area contributed by atoms with Crippen LogP contribution in [0.25, 0.3) is 10.8 Å². The van der Waals surface area contributed by atoms with E-state index < -0.39 is 18.1 Å². The zero-order valence-electron chi connectivity index (χ0n) is 13.0. The van der Waals surface area contributed by atoms with E-state index in [1.54, 1.807) is 0 Å². The number of ether oxygens (including phenoxy) is 1. The molecule has 22 heavy (non-hydrogen) atoms. The molecule has 0 aliphatic carbocycles. The highest BCUT2D eigenvalue weighted by Gasteiger charge is 2.52. The largest absolute Gasteiger partial charge is 0.393 e. The van der Waals surface area contributed by atoms with Crippen molar-refractivity contribution in [3.8, 4) is 0 Å². The summed E-state index contributed by atoms with van der Waals surface area (Å²) < 4.78 is 34.6. The second kappa shape index (κ2) is 6.71. The number of aliphatic hydroxyl groups excluding tert-OH is 1. The predicted octanol–water partition coefficient (Wildman–Crippen LogP) is 4.54. The van der Waals surface area contributed by atoms with Gasteiger partial charge in [0.15, 0.2) is 5.67 Å². The van der Waals surface area contributed by atoms with Crippen LogP contribution < -0.4 is 0 Å². The van der Waals surface area contributed by atoms with Crippen molar-refractivity contribution in [1.82, 2.24) is 0 Å². The Labute approximate surface area is 129 Å². The maximum Gasteiger partial charge on any atom is 0.245 e. The molecule has 0 aromatic heterocycles. The van der Waals surface area contributed by atoms with Gasteiger partial charge in [-0.15, -0.1) is 0 Å². The van der Waals surface area contributed by atoms with E-state index in [2.05, 4.69) is 0 Å². The molecule has 0 bridgehead atoms. The highest BCUT2D eigenvalue weighted by atomic mass is 19.2. The summed E-state index contributed by atoms with van der Waals surface area (Å²) in [6.07, 6.45) is -0.308. The second-order valence-corrected chi connectivity index (χ2v) is 5.53. The van der Waals surface area contributed by atoms with Gasteiger partial charge < -0.3 is 9.84 Å². The van der Waals surface area contributed by atoms with Crippen molar-refractivity contribution in [2.24, 2.45) is 0 Å². The van der Waals surface area contributed by atoms with Crippen molar-refractivity contribution in [1.29, 1.82) is 0 Å². The van der Waals surface area contributed by atoms with Crippen molar-refractivity contribution in [2.45, 2.75) is 44.8 Å². The Hall–Kier alpha value is -1.52. The van der Waals surface area contributed by atoms with Crippen LogP contribution in [0.3, 0.4) is 0 Å². The molecule has 4 heteroatoms. The Morgan fingerprint density at radius 2 is 1.68 bits per heavy atom. The molecule has 2 aromatic rings. The van der Waals surface area contributed by atoms with Crippen molar-refractivity contribution < 1.29 is 18.6 Å². The Morgan fingerprint density at radius 1 is 1.00 bits per heavy atom. The molecule has 2 atom stereocenters. The lowest BCUT2D eigenvalue weighted by atomic mass is 9.92. The van der Waals surface area contributed by atoms with Gasteiger partial charge in [-0.3, -0.25) is 0 Å². The Morgan fingerprint density at radius 3 is 2.27 bits per heavy atom. The number of benzene rings is 2. The van der Waals surface area contributed by atoms with Crippen molar-refractivity contribution in [2.75, 3.05) is 6.61 Å². The van der Waals surface area contributed by atoms with Gasteiger partial charge in [0.2, 0.25) is 5.85 Å². The molecular formula is C18H22F2O2. The molecule has 2 aromatic carbocycles. The van der Waals surface area contributed by atoms with E-state index >= 15 is 0 Å². The Bertz CT molecular complexity index is 625. The van der Waals surface area contributed by atoms with Crippen molar-refractivity contribution in [3.05, 3.63) is 48.0 Å². The minimum atomic E-state index is -2.50. The van der Waals surface area contributed by atoms with Gasteiger partial charge in [0.25, 0.3) is 0 Å². The fourth-order valence-electron chi connectivity index (χ4n) is 2.57. The van der Waals surface area contributed by atoms with Crippen LogP contribution >= 0.6 is 0 Å². The number of alkyl halides is 2. The second-order valence-electron chi connectivity index (χ2n) is 5.53. The predicted molar refractivity (Wildman–Crippen MR) is 84.1 cm³/mol. The van der Waals surface area contributed by atoms with Gasteiger partial charge in [0.1, 0.15) is 0 Å². The van der Waals surface area contributed by atoms with E-state index in [4.69, 9.17) is 4.74 Å². The van der Waals surface area contributed by atoms with Gasteiger partial charge in [-0.1, -0.05) is 50.2 Å². The molecule has 0 aliphatic rings. The van der Waals surface area contributed by atoms with Crippen LogP contribution in [-0.4, -0.2) is 23.2 Å². The number of hydrogen-bond acceptors (Lipinski definition) is 2. The summed E-state index contributed by atoms with van der Waals surface area (Å²) in [5.74, 6) is -2.50. The molecule has 0 amide bonds. The molecule has 120 valence electrons. The van der Waals surface area contributed by atoms with Crippen LogP contribution in [0.1, 0.15) is 32.3 Å². The maximum absolute atomic E-state index is 14.8. The summed E-state index contributed by atoms with van der Waals surface area (Å²) in [4.78, 5) is 0. The Kier molecular flexibility index (Phi) is 5.14. The van der Waals surface area contributed by atoms with Crippen LogP contribution in [0.2, 0.25) is 0 Å². The first-order valence-corrected chi connectivity index (χ1v) is 7.58. The molecule has 0 spiro atoms. The van der Waals surface area contributed by atoms with E-state index in [1.807, 2.05) is 42.5 Å². The number of rotatable bonds is 7. The molecule has 0 radical (unpaired) electrons. The van der Waals surface area contributed by atoms with Crippen LogP contribution in [0.5, 0.6) is 0 Å². The van der Waals surface area contributed by atoms with Gasteiger partial charge in [0, 0.05) is 6.42 Å². The van der Waals surface area contributed by atoms with Gasteiger partial charge in [-0.25, -0.2) is 8.78 Å². The summed E-state index contributed by atoms with van der Waals surface area (Å²) in [6.45, 7) is 2.08. The molecule has 0 heterocycles. The number of halogens is 2. The third-order valence-electron chi connectivity index (χ3n) is 4.22. The highest BCUT2D eigenvalue weighted by molar-refractivity contribution is 5.82. The minimum Gasteiger partial charge on any atom is -0.393 e. The minimum absolute atomic E-state index is 0.0408. The first kappa shape index (κ1) is 16.8. The molecule has 2 nitrogen and oxygen atoms in total. The molecule has 0 aliphatic heterocycles. The lowest BCUT2D eigenvalue weighted by Gasteiger charge is -2.36. The molecule has 1 N–H and O–H groups in total. The molecule has 0 saturated carbocycles. The molecule has 2 rings (SSSR count). The third-order valence-corrected chi connectivity index (χ3v) is 4.22. The molecule has 0 saturated heterocycles. The zero-order chi connectivity index (χ0) is 16.2. The first-order chi connectivity index (χ1) is 10.5. The van der Waals surface area contributed by atoms with E-state index in [1.165, 1.54) is 13.8 Å². The normalized spacial score (nSPS) is 17.1. The summed E-state index contributed by atoms with van der Waals surface area (Å²) in [6, 6.07) is 13.5. The van der Waals surface area contributed by atoms with Crippen LogP contribution in [0, 0.1) is 0 Å². The number of fused-ring (bicyclic) bond motifs is 1. The summed E-state index contributed by atoms with van der Waals surface area (Å²) >= 11 is 0. The van der Waals surface area contributed by atoms with Gasteiger partial charge in [0.05, 0.1) is 13.2 Å². The molecule has 0 fully saturated rings. The topological polar surface area (TPSA) is 29.5 Å². The highest BCUT2D eigenvalue weighted by Crippen LogP contribution is 2.38. The smallest absolute Gasteiger partial charge is 0.245 e. The quantitative estimate of drug-likeness (QED) is 0.813. The SMILES string of the molecule is CCC(F)(CO)C(F)(CC)OCc1ccc2ccccc2c1. The number of aliphatic hydroxyl groups is 1. The number of hydrogen-bond donors (Lipinski definition) is 1. The third kappa shape index (κ3) is 3.13. The standard InChI is InChI=1S/C18H22F2O2/c1-3-17(19,13-21)18(20,4-2)22-12-14-9-10-15-7-5-6-8-16(15)11-14/h5-11,21H,3-4,12-13H2,1-2H3. The average Bonchev–Trinajstić information content (AvgIpc) is 2.58. The average molecular weight is 308 g/mol. The fourth-order valence-corrected chi connectivity index (χ4v) is 2.57. The monoisotopic (exact) mass is 308 g/mol. The summed E-state index contributed by atoms with van der Waals surface area (Å²) in [5, 5.41) is 11.3. The van der Waals surface area contributed by atoms with E-state index in [0.717, 1.165) is 16.3 Å². The van der Waals surface area contributed by atoms with Crippen LogP contribution in [0.15, 0.2) is 42.5 Å². The molecular weight excluding hydrogens is 286 g/mol. The lowest BCUT2D eigenvalue weighted by Crippen LogP contribution is -2.51. The van der Waals surface area contributed by atoms with Crippen molar-refractivity contribution >= 4 is 10.8 Å². The van der Waals surface area contributed by atoms with Crippen LogP contribution in [-0.2, 0) is 11.3 Å². The van der Waals surface area contributed by atoms with Gasteiger partial charge >= 0.3 is 0 Å². The maximum atomic E-state index is 14.8. The lowest BCUT2D eigenvalue weighted by molar-refractivity contribution is -0.248. The molecule has 2 unspecified atom stereocenters. The van der Waals surface area contributed by atoms with Gasteiger partial charge in [-0.05, 0) is 28.8 Å². The van der Waals surface area contributed by atoms with Gasteiger partial charge in [-0.2, -0.15) is 0 Å². The first-order valence-electron chi connectivity index (χ1n) is 7.58. The van der Waals surface area contributed by atoms with Crippen molar-refractivity contribution in [3.63, 3.8) is 0 Å².